The summed E-state index contributed by atoms with van der Waals surface area (Å²) in [6.07, 6.45) is 3.23. The molecule has 0 bridgehead atoms. The van der Waals surface area contributed by atoms with Gasteiger partial charge in [-0.25, -0.2) is 9.48 Å². The Kier molecular flexibility index (Phi) is 6.25. The van der Waals surface area contributed by atoms with Gasteiger partial charge in [0.2, 0.25) is 5.91 Å². The van der Waals surface area contributed by atoms with Crippen LogP contribution >= 0.6 is 0 Å². The highest BCUT2D eigenvalue weighted by molar-refractivity contribution is 5.80. The average molecular weight is 398 g/mol. The maximum Gasteiger partial charge on any atom is 0.319 e. The SMILES string of the molecule is Cc1ccccc1-n1ncc(C(C)NC(=O)C2CCN(C(=O)N(C)C)CC2)c1C. The number of benzene rings is 1. The number of amides is 3. The first-order valence-electron chi connectivity index (χ1n) is 10.2. The molecule has 7 heteroatoms. The van der Waals surface area contributed by atoms with Gasteiger partial charge < -0.3 is 15.1 Å². The average Bonchev–Trinajstić information content (AvgIpc) is 3.09. The number of nitrogens with one attached hydrogen (secondary N) is 1. The molecule has 7 nitrogen and oxygen atoms in total. The number of rotatable bonds is 4. The predicted octanol–water partition coefficient (Wildman–Crippen LogP) is 3.06. The maximum atomic E-state index is 12.8. The van der Waals surface area contributed by atoms with E-state index in [1.165, 1.54) is 0 Å². The van der Waals surface area contributed by atoms with Crippen LogP contribution < -0.4 is 5.32 Å². The number of aryl methyl sites for hydroxylation is 1. The zero-order valence-electron chi connectivity index (χ0n) is 18.0. The van der Waals surface area contributed by atoms with Crippen molar-refractivity contribution in [1.29, 1.82) is 0 Å². The lowest BCUT2D eigenvalue weighted by Gasteiger charge is -2.33. The molecule has 1 aromatic carbocycles. The second kappa shape index (κ2) is 8.68. The van der Waals surface area contributed by atoms with Crippen LogP contribution in [0.5, 0.6) is 0 Å². The van der Waals surface area contributed by atoms with Gasteiger partial charge in [0.05, 0.1) is 17.9 Å². The minimum atomic E-state index is -0.123. The van der Waals surface area contributed by atoms with Gasteiger partial charge in [-0.3, -0.25) is 4.79 Å². The lowest BCUT2D eigenvalue weighted by Crippen LogP contribution is -2.46. The summed E-state index contributed by atoms with van der Waals surface area (Å²) in [7, 11) is 3.50. The van der Waals surface area contributed by atoms with Crippen LogP contribution in [0.15, 0.2) is 30.5 Å². The Morgan fingerprint density at radius 1 is 1.17 bits per heavy atom. The first kappa shape index (κ1) is 20.9. The molecule has 1 unspecified atom stereocenters. The molecule has 1 atom stereocenters. The Bertz CT molecular complexity index is 881. The fourth-order valence-electron chi connectivity index (χ4n) is 3.92. The van der Waals surface area contributed by atoms with Crippen LogP contribution in [0.25, 0.3) is 5.69 Å². The minimum absolute atomic E-state index is 0.0106. The first-order valence-corrected chi connectivity index (χ1v) is 10.2. The molecule has 2 heterocycles. The van der Waals surface area contributed by atoms with E-state index in [9.17, 15) is 9.59 Å². The number of nitrogens with zero attached hydrogens (tertiary/aromatic N) is 4. The van der Waals surface area contributed by atoms with Crippen molar-refractivity contribution in [3.63, 3.8) is 0 Å². The molecule has 1 N–H and O–H groups in total. The molecule has 1 saturated heterocycles. The van der Waals surface area contributed by atoms with Crippen LogP contribution in [0.1, 0.15) is 42.6 Å². The monoisotopic (exact) mass is 397 g/mol. The Morgan fingerprint density at radius 2 is 1.83 bits per heavy atom. The fraction of sp³-hybridized carbons (Fsp3) is 0.500. The van der Waals surface area contributed by atoms with Gasteiger partial charge in [-0.15, -0.1) is 0 Å². The van der Waals surface area contributed by atoms with Gasteiger partial charge in [-0.1, -0.05) is 18.2 Å². The fourth-order valence-corrected chi connectivity index (χ4v) is 3.92. The van der Waals surface area contributed by atoms with Crippen LogP contribution in [0.4, 0.5) is 4.79 Å². The molecule has 3 amide bonds. The molecule has 3 rings (SSSR count). The van der Waals surface area contributed by atoms with Crippen molar-refractivity contribution in [2.45, 2.75) is 39.7 Å². The molecule has 1 aromatic heterocycles. The number of carbonyl (C=O) groups is 2. The molecule has 0 radical (unpaired) electrons. The third-order valence-electron chi connectivity index (χ3n) is 5.74. The van der Waals surface area contributed by atoms with E-state index in [0.717, 1.165) is 22.5 Å². The van der Waals surface area contributed by atoms with Crippen LogP contribution in [0.2, 0.25) is 0 Å². The van der Waals surface area contributed by atoms with Crippen LogP contribution in [-0.2, 0) is 4.79 Å². The van der Waals surface area contributed by atoms with Crippen molar-refractivity contribution < 1.29 is 9.59 Å². The highest BCUT2D eigenvalue weighted by Gasteiger charge is 2.29. The predicted molar refractivity (Wildman–Crippen MR) is 113 cm³/mol. The maximum absolute atomic E-state index is 12.8. The summed E-state index contributed by atoms with van der Waals surface area (Å²) >= 11 is 0. The molecular weight excluding hydrogens is 366 g/mol. The van der Waals surface area contributed by atoms with Crippen molar-refractivity contribution in [2.75, 3.05) is 27.2 Å². The lowest BCUT2D eigenvalue weighted by atomic mass is 9.95. The molecule has 156 valence electrons. The number of urea groups is 1. The van der Waals surface area contributed by atoms with E-state index >= 15 is 0 Å². The molecule has 0 saturated carbocycles. The molecule has 2 aromatic rings. The standard InChI is InChI=1S/C22H31N5O2/c1-15-8-6-7-9-20(15)27-17(3)19(14-23-27)16(2)24-21(28)18-10-12-26(13-11-18)22(29)25(4)5/h6-9,14,16,18H,10-13H2,1-5H3,(H,24,28). The van der Waals surface area contributed by atoms with Crippen LogP contribution in [0.3, 0.4) is 0 Å². The molecule has 29 heavy (non-hydrogen) atoms. The molecule has 1 fully saturated rings. The summed E-state index contributed by atoms with van der Waals surface area (Å²) in [6.45, 7) is 7.33. The topological polar surface area (TPSA) is 70.5 Å². The molecule has 0 spiro atoms. The van der Waals surface area contributed by atoms with E-state index < -0.39 is 0 Å². The largest absolute Gasteiger partial charge is 0.349 e. The van der Waals surface area contributed by atoms with Crippen molar-refractivity contribution in [3.05, 3.63) is 47.3 Å². The molecule has 1 aliphatic rings. The van der Waals surface area contributed by atoms with E-state index in [2.05, 4.69) is 23.4 Å². The number of para-hydroxylation sites is 1. The summed E-state index contributed by atoms with van der Waals surface area (Å²) in [5.41, 5.74) is 4.24. The van der Waals surface area contributed by atoms with Gasteiger partial charge in [0.25, 0.3) is 0 Å². The normalized spacial score (nSPS) is 15.8. The van der Waals surface area contributed by atoms with E-state index in [4.69, 9.17) is 0 Å². The van der Waals surface area contributed by atoms with Gasteiger partial charge in [0.15, 0.2) is 0 Å². The van der Waals surface area contributed by atoms with E-state index in [-0.39, 0.29) is 23.9 Å². The van der Waals surface area contributed by atoms with E-state index in [0.29, 0.717) is 25.9 Å². The number of piperidine rings is 1. The van der Waals surface area contributed by atoms with Gasteiger partial charge in [-0.05, 0) is 45.2 Å². The molecule has 1 aliphatic heterocycles. The quantitative estimate of drug-likeness (QED) is 0.862. The van der Waals surface area contributed by atoms with Crippen molar-refractivity contribution >= 4 is 11.9 Å². The van der Waals surface area contributed by atoms with Crippen LogP contribution in [-0.4, -0.2) is 58.7 Å². The van der Waals surface area contributed by atoms with E-state index in [1.54, 1.807) is 19.0 Å². The summed E-state index contributed by atoms with van der Waals surface area (Å²) in [4.78, 5) is 28.2. The second-order valence-corrected chi connectivity index (χ2v) is 8.05. The van der Waals surface area contributed by atoms with Gasteiger partial charge in [-0.2, -0.15) is 5.10 Å². The number of carbonyl (C=O) groups excluding carboxylic acids is 2. The summed E-state index contributed by atoms with van der Waals surface area (Å²) in [5.74, 6) is -0.00660. The number of hydrogen-bond acceptors (Lipinski definition) is 3. The molecular formula is C22H31N5O2. The lowest BCUT2D eigenvalue weighted by molar-refractivity contribution is -0.126. The van der Waals surface area contributed by atoms with Gasteiger partial charge >= 0.3 is 6.03 Å². The summed E-state index contributed by atoms with van der Waals surface area (Å²) in [5, 5.41) is 7.70. The Hall–Kier alpha value is -2.83. The van der Waals surface area contributed by atoms with Gasteiger partial charge in [0, 0.05) is 44.4 Å². The van der Waals surface area contributed by atoms with Crippen molar-refractivity contribution in [2.24, 2.45) is 5.92 Å². The number of likely N-dealkylation sites (tertiary alicyclic amines) is 1. The van der Waals surface area contributed by atoms with Crippen molar-refractivity contribution in [1.82, 2.24) is 24.9 Å². The summed E-state index contributed by atoms with van der Waals surface area (Å²) < 4.78 is 1.93. The minimum Gasteiger partial charge on any atom is -0.349 e. The Balaban J connectivity index is 1.63. The molecule has 0 aliphatic carbocycles. The first-order chi connectivity index (χ1) is 13.8. The highest BCUT2D eigenvalue weighted by atomic mass is 16.2. The smallest absolute Gasteiger partial charge is 0.319 e. The highest BCUT2D eigenvalue weighted by Crippen LogP contribution is 2.24. The summed E-state index contributed by atoms with van der Waals surface area (Å²) in [6, 6.07) is 8.01. The second-order valence-electron chi connectivity index (χ2n) is 8.05. The Labute approximate surface area is 172 Å². The van der Waals surface area contributed by atoms with Crippen LogP contribution in [0, 0.1) is 19.8 Å². The third kappa shape index (κ3) is 4.44. The van der Waals surface area contributed by atoms with E-state index in [1.807, 2.05) is 47.8 Å². The van der Waals surface area contributed by atoms with Gasteiger partial charge in [0.1, 0.15) is 0 Å². The third-order valence-corrected chi connectivity index (χ3v) is 5.74. The number of hydrogen-bond donors (Lipinski definition) is 1. The Morgan fingerprint density at radius 3 is 2.45 bits per heavy atom. The zero-order valence-corrected chi connectivity index (χ0v) is 18.0. The number of aromatic nitrogens is 2. The zero-order chi connectivity index (χ0) is 21.1. The van der Waals surface area contributed by atoms with Crippen molar-refractivity contribution in [3.8, 4) is 5.69 Å².